The van der Waals surface area contributed by atoms with Crippen LogP contribution in [0.5, 0.6) is 5.75 Å². The van der Waals surface area contributed by atoms with Crippen LogP contribution >= 0.6 is 0 Å². The highest BCUT2D eigenvalue weighted by molar-refractivity contribution is 5.74. The number of anilines is 1. The van der Waals surface area contributed by atoms with E-state index in [1.807, 2.05) is 30.3 Å². The summed E-state index contributed by atoms with van der Waals surface area (Å²) in [5.41, 5.74) is -0.501. The minimum atomic E-state index is -0.592. The zero-order valence-corrected chi connectivity index (χ0v) is 14.6. The molecule has 0 aliphatic heterocycles. The smallest absolute Gasteiger partial charge is 0.329 e. The predicted molar refractivity (Wildman–Crippen MR) is 97.7 cm³/mol. The van der Waals surface area contributed by atoms with Crippen molar-refractivity contribution < 1.29 is 9.84 Å². The monoisotopic (exact) mass is 359 g/mol. The second-order valence-corrected chi connectivity index (χ2v) is 5.97. The largest absolute Gasteiger partial charge is 0.492 e. The van der Waals surface area contributed by atoms with Crippen molar-refractivity contribution in [3.8, 4) is 5.75 Å². The van der Waals surface area contributed by atoms with Crippen molar-refractivity contribution in [2.45, 2.75) is 19.6 Å². The fraction of sp³-hybridized carbons (Fsp3) is 0.353. The van der Waals surface area contributed by atoms with Crippen LogP contribution in [0.15, 0.2) is 39.9 Å². The third-order valence-corrected chi connectivity index (χ3v) is 3.89. The van der Waals surface area contributed by atoms with E-state index in [9.17, 15) is 14.7 Å². The minimum absolute atomic E-state index is 0.259. The van der Waals surface area contributed by atoms with Gasteiger partial charge in [0.1, 0.15) is 12.4 Å². The van der Waals surface area contributed by atoms with E-state index in [0.29, 0.717) is 19.1 Å². The number of aryl methyl sites for hydroxylation is 1. The molecule has 0 aliphatic carbocycles. The number of rotatable bonds is 7. The number of hydrogen-bond donors (Lipinski definition) is 3. The van der Waals surface area contributed by atoms with Gasteiger partial charge in [-0.1, -0.05) is 18.2 Å². The number of H-pyrrole nitrogens is 1. The summed E-state index contributed by atoms with van der Waals surface area (Å²) in [5.74, 6) is 1.11. The Kier molecular flexibility index (Phi) is 5.08. The fourth-order valence-electron chi connectivity index (χ4n) is 2.60. The summed E-state index contributed by atoms with van der Waals surface area (Å²) in [6.07, 6.45) is -0.592. The van der Waals surface area contributed by atoms with Gasteiger partial charge in [-0.2, -0.15) is 4.98 Å². The molecule has 1 aromatic carbocycles. The highest BCUT2D eigenvalue weighted by atomic mass is 16.5. The van der Waals surface area contributed by atoms with Crippen LogP contribution in [0.2, 0.25) is 0 Å². The highest BCUT2D eigenvalue weighted by Gasteiger charge is 2.17. The predicted octanol–water partition coefficient (Wildman–Crippen LogP) is 0.295. The first-order valence-corrected chi connectivity index (χ1v) is 8.26. The molecule has 0 amide bonds. The third kappa shape index (κ3) is 3.62. The van der Waals surface area contributed by atoms with E-state index in [0.717, 1.165) is 5.75 Å². The third-order valence-electron chi connectivity index (χ3n) is 3.89. The summed E-state index contributed by atoms with van der Waals surface area (Å²) in [5, 5.41) is 12.5. The molecule has 0 saturated heterocycles. The van der Waals surface area contributed by atoms with Gasteiger partial charge in [-0.05, 0) is 19.1 Å². The fourth-order valence-corrected chi connectivity index (χ4v) is 2.60. The Bertz CT molecular complexity index is 1000. The van der Waals surface area contributed by atoms with Gasteiger partial charge in [-0.3, -0.25) is 14.3 Å². The molecule has 3 aromatic rings. The first kappa shape index (κ1) is 17.7. The first-order chi connectivity index (χ1) is 12.5. The van der Waals surface area contributed by atoms with E-state index in [2.05, 4.69) is 15.3 Å². The van der Waals surface area contributed by atoms with Crippen LogP contribution in [0.1, 0.15) is 6.92 Å². The first-order valence-electron chi connectivity index (χ1n) is 8.26. The maximum absolute atomic E-state index is 12.3. The second kappa shape index (κ2) is 7.44. The lowest BCUT2D eigenvalue weighted by atomic mass is 10.3. The Balaban J connectivity index is 1.94. The van der Waals surface area contributed by atoms with E-state index in [4.69, 9.17) is 4.74 Å². The summed E-state index contributed by atoms with van der Waals surface area (Å²) in [4.78, 5) is 30.8. The van der Waals surface area contributed by atoms with Gasteiger partial charge in [0.15, 0.2) is 11.2 Å². The SMILES string of the molecule is CC(O)CNc1nc2c(c(=O)[nH]c(=O)n2C)n1CCOc1ccccc1. The van der Waals surface area contributed by atoms with Crippen molar-refractivity contribution in [1.82, 2.24) is 19.1 Å². The molecular weight excluding hydrogens is 338 g/mol. The van der Waals surface area contributed by atoms with Gasteiger partial charge in [0.05, 0.1) is 12.6 Å². The van der Waals surface area contributed by atoms with Crippen molar-refractivity contribution in [3.05, 3.63) is 51.2 Å². The number of aliphatic hydroxyl groups excluding tert-OH is 1. The summed E-state index contributed by atoms with van der Waals surface area (Å²) in [6.45, 7) is 2.55. The van der Waals surface area contributed by atoms with Gasteiger partial charge in [-0.25, -0.2) is 4.79 Å². The van der Waals surface area contributed by atoms with Gasteiger partial charge < -0.3 is 19.7 Å². The normalized spacial score (nSPS) is 12.3. The molecule has 0 aliphatic rings. The molecule has 0 spiro atoms. The molecule has 26 heavy (non-hydrogen) atoms. The van der Waals surface area contributed by atoms with Gasteiger partial charge in [0.2, 0.25) is 5.95 Å². The number of aromatic amines is 1. The van der Waals surface area contributed by atoms with Crippen LogP contribution in [-0.2, 0) is 13.6 Å². The number of hydrogen-bond acceptors (Lipinski definition) is 6. The average Bonchev–Trinajstić information content (AvgIpc) is 2.98. The average molecular weight is 359 g/mol. The minimum Gasteiger partial charge on any atom is -0.492 e. The standard InChI is InChI=1S/C17H21N5O4/c1-11(23)10-18-16-19-14-13(15(24)20-17(25)21(14)2)22(16)8-9-26-12-6-4-3-5-7-12/h3-7,11,23H,8-10H2,1-2H3,(H,18,19)(H,20,24,25). The van der Waals surface area contributed by atoms with Crippen molar-refractivity contribution >= 4 is 17.1 Å². The number of imidazole rings is 1. The number of aromatic nitrogens is 4. The number of fused-ring (bicyclic) bond motifs is 1. The molecule has 1 unspecified atom stereocenters. The lowest BCUT2D eigenvalue weighted by Gasteiger charge is -2.12. The molecule has 9 nitrogen and oxygen atoms in total. The maximum Gasteiger partial charge on any atom is 0.329 e. The summed E-state index contributed by atoms with van der Waals surface area (Å²) >= 11 is 0. The zero-order valence-electron chi connectivity index (χ0n) is 14.6. The molecule has 0 saturated carbocycles. The lowest BCUT2D eigenvalue weighted by molar-refractivity contribution is 0.208. The van der Waals surface area contributed by atoms with Crippen LogP contribution in [-0.4, -0.2) is 43.5 Å². The number of para-hydroxylation sites is 1. The van der Waals surface area contributed by atoms with Gasteiger partial charge in [-0.15, -0.1) is 0 Å². The Morgan fingerprint density at radius 3 is 2.73 bits per heavy atom. The van der Waals surface area contributed by atoms with Crippen molar-refractivity contribution in [1.29, 1.82) is 0 Å². The van der Waals surface area contributed by atoms with E-state index in [1.54, 1.807) is 11.5 Å². The van der Waals surface area contributed by atoms with Crippen molar-refractivity contribution in [2.24, 2.45) is 7.05 Å². The molecule has 3 rings (SSSR count). The molecule has 0 radical (unpaired) electrons. The quantitative estimate of drug-likeness (QED) is 0.559. The number of benzene rings is 1. The number of ether oxygens (including phenoxy) is 1. The van der Waals surface area contributed by atoms with Crippen LogP contribution in [0.4, 0.5) is 5.95 Å². The molecule has 3 N–H and O–H groups in total. The van der Waals surface area contributed by atoms with Gasteiger partial charge in [0, 0.05) is 13.6 Å². The summed E-state index contributed by atoms with van der Waals surface area (Å²) in [6, 6.07) is 9.33. The Hall–Kier alpha value is -3.07. The van der Waals surface area contributed by atoms with Crippen LogP contribution in [0.25, 0.3) is 11.2 Å². The summed E-state index contributed by atoms with van der Waals surface area (Å²) < 4.78 is 8.62. The maximum atomic E-state index is 12.3. The Labute approximate surface area is 148 Å². The molecule has 0 bridgehead atoms. The molecule has 0 fully saturated rings. The molecular formula is C17H21N5O4. The molecule has 2 aromatic heterocycles. The van der Waals surface area contributed by atoms with Gasteiger partial charge >= 0.3 is 5.69 Å². The van der Waals surface area contributed by atoms with E-state index < -0.39 is 17.4 Å². The van der Waals surface area contributed by atoms with E-state index in [1.165, 1.54) is 11.6 Å². The highest BCUT2D eigenvalue weighted by Crippen LogP contribution is 2.16. The van der Waals surface area contributed by atoms with Crippen LogP contribution in [0, 0.1) is 0 Å². The topological polar surface area (TPSA) is 114 Å². The molecule has 9 heteroatoms. The van der Waals surface area contributed by atoms with Crippen LogP contribution in [0.3, 0.4) is 0 Å². The van der Waals surface area contributed by atoms with Crippen molar-refractivity contribution in [3.63, 3.8) is 0 Å². The number of nitrogens with one attached hydrogen (secondary N) is 2. The lowest BCUT2D eigenvalue weighted by Crippen LogP contribution is -2.29. The Morgan fingerprint density at radius 1 is 1.31 bits per heavy atom. The number of aliphatic hydroxyl groups is 1. The van der Waals surface area contributed by atoms with E-state index >= 15 is 0 Å². The van der Waals surface area contributed by atoms with Gasteiger partial charge in [0.25, 0.3) is 5.56 Å². The molecule has 1 atom stereocenters. The molecule has 2 heterocycles. The number of nitrogens with zero attached hydrogens (tertiary/aromatic N) is 3. The second-order valence-electron chi connectivity index (χ2n) is 5.97. The summed E-state index contributed by atoms with van der Waals surface area (Å²) in [7, 11) is 1.54. The van der Waals surface area contributed by atoms with Crippen molar-refractivity contribution in [2.75, 3.05) is 18.5 Å². The van der Waals surface area contributed by atoms with E-state index in [-0.39, 0.29) is 17.7 Å². The van der Waals surface area contributed by atoms with Crippen LogP contribution < -0.4 is 21.3 Å². The zero-order chi connectivity index (χ0) is 18.7. The molecule has 138 valence electrons. The Morgan fingerprint density at radius 2 is 2.04 bits per heavy atom.